The lowest BCUT2D eigenvalue weighted by atomic mass is 10.1. The first kappa shape index (κ1) is 12.2. The number of amides is 1. The fourth-order valence-corrected chi connectivity index (χ4v) is 1.95. The van der Waals surface area contributed by atoms with Gasteiger partial charge in [-0.3, -0.25) is 9.89 Å². The second-order valence-corrected chi connectivity index (χ2v) is 4.38. The summed E-state index contributed by atoms with van der Waals surface area (Å²) < 4.78 is 0. The Morgan fingerprint density at radius 1 is 0.950 bits per heavy atom. The number of hydrogen-bond acceptors (Lipinski definition) is 2. The lowest BCUT2D eigenvalue weighted by Crippen LogP contribution is -2.11. The predicted molar refractivity (Wildman–Crippen MR) is 78.4 cm³/mol. The molecule has 0 aliphatic heterocycles. The van der Waals surface area contributed by atoms with E-state index in [0.29, 0.717) is 5.56 Å². The molecular formula is C16H13N3O. The van der Waals surface area contributed by atoms with Crippen molar-refractivity contribution >= 4 is 11.6 Å². The van der Waals surface area contributed by atoms with Crippen molar-refractivity contribution in [2.45, 2.75) is 0 Å². The van der Waals surface area contributed by atoms with Crippen LogP contribution in [0.15, 0.2) is 67.0 Å². The van der Waals surface area contributed by atoms with E-state index in [9.17, 15) is 4.79 Å². The van der Waals surface area contributed by atoms with Gasteiger partial charge in [0.05, 0.1) is 6.20 Å². The van der Waals surface area contributed by atoms with Crippen LogP contribution >= 0.6 is 0 Å². The summed E-state index contributed by atoms with van der Waals surface area (Å²) in [7, 11) is 0. The number of hydrogen-bond donors (Lipinski definition) is 2. The zero-order chi connectivity index (χ0) is 13.8. The van der Waals surface area contributed by atoms with Crippen molar-refractivity contribution in [2.24, 2.45) is 0 Å². The summed E-state index contributed by atoms with van der Waals surface area (Å²) in [5.74, 6) is -0.110. The summed E-state index contributed by atoms with van der Waals surface area (Å²) in [5.41, 5.74) is 3.49. The van der Waals surface area contributed by atoms with Gasteiger partial charge < -0.3 is 5.32 Å². The van der Waals surface area contributed by atoms with E-state index in [1.807, 2.05) is 48.7 Å². The van der Waals surface area contributed by atoms with Crippen molar-refractivity contribution in [1.82, 2.24) is 10.2 Å². The number of aromatic nitrogens is 2. The Bertz CT molecular complexity index is 688. The second kappa shape index (κ2) is 5.40. The molecule has 0 saturated carbocycles. The third-order valence-corrected chi connectivity index (χ3v) is 3.01. The SMILES string of the molecule is O=C(Nc1ccc(-c2cn[nH]c2)cc1)c1ccccc1. The molecule has 1 aromatic heterocycles. The van der Waals surface area contributed by atoms with Crippen molar-refractivity contribution in [2.75, 3.05) is 5.32 Å². The van der Waals surface area contributed by atoms with Crippen molar-refractivity contribution in [3.63, 3.8) is 0 Å². The molecule has 1 amide bonds. The second-order valence-electron chi connectivity index (χ2n) is 4.38. The van der Waals surface area contributed by atoms with Crippen LogP contribution in [-0.4, -0.2) is 16.1 Å². The molecule has 0 saturated heterocycles. The topological polar surface area (TPSA) is 57.8 Å². The Hall–Kier alpha value is -2.88. The lowest BCUT2D eigenvalue weighted by Gasteiger charge is -2.06. The molecule has 0 radical (unpaired) electrons. The molecule has 1 heterocycles. The quantitative estimate of drug-likeness (QED) is 0.761. The first-order chi connectivity index (χ1) is 9.83. The monoisotopic (exact) mass is 263 g/mol. The van der Waals surface area contributed by atoms with Gasteiger partial charge in [-0.15, -0.1) is 0 Å². The maximum absolute atomic E-state index is 12.0. The molecule has 0 bridgehead atoms. The summed E-state index contributed by atoms with van der Waals surface area (Å²) in [4.78, 5) is 12.0. The maximum atomic E-state index is 12.0. The summed E-state index contributed by atoms with van der Waals surface area (Å²) in [6.45, 7) is 0. The molecule has 20 heavy (non-hydrogen) atoms. The Morgan fingerprint density at radius 2 is 1.70 bits per heavy atom. The molecular weight excluding hydrogens is 250 g/mol. The fraction of sp³-hybridized carbons (Fsp3) is 0. The third-order valence-electron chi connectivity index (χ3n) is 3.01. The maximum Gasteiger partial charge on any atom is 0.255 e. The van der Waals surface area contributed by atoms with Gasteiger partial charge in [0, 0.05) is 23.0 Å². The van der Waals surface area contributed by atoms with E-state index in [4.69, 9.17) is 0 Å². The molecule has 98 valence electrons. The van der Waals surface area contributed by atoms with E-state index in [-0.39, 0.29) is 5.91 Å². The van der Waals surface area contributed by atoms with Gasteiger partial charge in [-0.2, -0.15) is 5.10 Å². The molecule has 0 fully saturated rings. The first-order valence-corrected chi connectivity index (χ1v) is 6.28. The van der Waals surface area contributed by atoms with Gasteiger partial charge in [-0.25, -0.2) is 0 Å². The third kappa shape index (κ3) is 2.59. The minimum absolute atomic E-state index is 0.110. The van der Waals surface area contributed by atoms with Gasteiger partial charge in [0.1, 0.15) is 0 Å². The van der Waals surface area contributed by atoms with Gasteiger partial charge in [0.25, 0.3) is 5.91 Å². The molecule has 4 heteroatoms. The number of benzene rings is 2. The summed E-state index contributed by atoms with van der Waals surface area (Å²) in [5, 5.41) is 9.56. The highest BCUT2D eigenvalue weighted by Crippen LogP contribution is 2.20. The number of carbonyl (C=O) groups is 1. The highest BCUT2D eigenvalue weighted by molar-refractivity contribution is 6.04. The average Bonchev–Trinajstić information content (AvgIpc) is 3.03. The Labute approximate surface area is 116 Å². The zero-order valence-corrected chi connectivity index (χ0v) is 10.7. The Balaban J connectivity index is 1.74. The zero-order valence-electron chi connectivity index (χ0n) is 10.7. The van der Waals surface area contributed by atoms with Crippen LogP contribution in [0.3, 0.4) is 0 Å². The molecule has 0 aliphatic carbocycles. The largest absolute Gasteiger partial charge is 0.322 e. The van der Waals surface area contributed by atoms with E-state index in [0.717, 1.165) is 16.8 Å². The van der Waals surface area contributed by atoms with Crippen molar-refractivity contribution in [3.8, 4) is 11.1 Å². The smallest absolute Gasteiger partial charge is 0.255 e. The van der Waals surface area contributed by atoms with Gasteiger partial charge in [0.2, 0.25) is 0 Å². The molecule has 2 aromatic carbocycles. The Morgan fingerprint density at radius 3 is 2.35 bits per heavy atom. The van der Waals surface area contributed by atoms with Crippen LogP contribution in [0.5, 0.6) is 0 Å². The van der Waals surface area contributed by atoms with Crippen molar-refractivity contribution in [3.05, 3.63) is 72.6 Å². The summed E-state index contributed by atoms with van der Waals surface area (Å²) >= 11 is 0. The lowest BCUT2D eigenvalue weighted by molar-refractivity contribution is 0.102. The first-order valence-electron chi connectivity index (χ1n) is 6.28. The highest BCUT2D eigenvalue weighted by atomic mass is 16.1. The van der Waals surface area contributed by atoms with Crippen molar-refractivity contribution in [1.29, 1.82) is 0 Å². The van der Waals surface area contributed by atoms with E-state index in [2.05, 4.69) is 15.5 Å². The molecule has 0 atom stereocenters. The molecule has 2 N–H and O–H groups in total. The summed E-state index contributed by atoms with van der Waals surface area (Å²) in [6.07, 6.45) is 3.59. The van der Waals surface area contributed by atoms with Crippen molar-refractivity contribution < 1.29 is 4.79 Å². The molecule has 3 aromatic rings. The van der Waals surface area contributed by atoms with E-state index < -0.39 is 0 Å². The predicted octanol–water partition coefficient (Wildman–Crippen LogP) is 3.33. The van der Waals surface area contributed by atoms with Crippen LogP contribution in [0.4, 0.5) is 5.69 Å². The molecule has 0 spiro atoms. The Kier molecular flexibility index (Phi) is 3.29. The number of carbonyl (C=O) groups excluding carboxylic acids is 1. The summed E-state index contributed by atoms with van der Waals surface area (Å²) in [6, 6.07) is 16.8. The van der Waals surface area contributed by atoms with E-state index in [1.165, 1.54) is 0 Å². The van der Waals surface area contributed by atoms with E-state index in [1.54, 1.807) is 18.3 Å². The van der Waals surface area contributed by atoms with Crippen LogP contribution < -0.4 is 5.32 Å². The van der Waals surface area contributed by atoms with Gasteiger partial charge in [-0.05, 0) is 29.8 Å². The van der Waals surface area contributed by atoms with Crippen LogP contribution in [0.25, 0.3) is 11.1 Å². The van der Waals surface area contributed by atoms with Gasteiger partial charge in [-0.1, -0.05) is 30.3 Å². The number of rotatable bonds is 3. The fourth-order valence-electron chi connectivity index (χ4n) is 1.95. The van der Waals surface area contributed by atoms with Gasteiger partial charge >= 0.3 is 0 Å². The minimum atomic E-state index is -0.110. The average molecular weight is 263 g/mol. The number of aromatic amines is 1. The van der Waals surface area contributed by atoms with Crippen LogP contribution in [0.2, 0.25) is 0 Å². The highest BCUT2D eigenvalue weighted by Gasteiger charge is 2.05. The number of anilines is 1. The van der Waals surface area contributed by atoms with Crippen LogP contribution in [0.1, 0.15) is 10.4 Å². The van der Waals surface area contributed by atoms with Crippen LogP contribution in [-0.2, 0) is 0 Å². The molecule has 3 rings (SSSR count). The molecule has 0 aliphatic rings. The van der Waals surface area contributed by atoms with E-state index >= 15 is 0 Å². The van der Waals surface area contributed by atoms with Crippen LogP contribution in [0, 0.1) is 0 Å². The minimum Gasteiger partial charge on any atom is -0.322 e. The number of H-pyrrole nitrogens is 1. The number of nitrogens with one attached hydrogen (secondary N) is 2. The normalized spacial score (nSPS) is 10.2. The standard InChI is InChI=1S/C16H13N3O/c20-16(13-4-2-1-3-5-13)19-15-8-6-12(7-9-15)14-10-17-18-11-14/h1-11H,(H,17,18)(H,19,20). The van der Waals surface area contributed by atoms with Gasteiger partial charge in [0.15, 0.2) is 0 Å². The number of nitrogens with zero attached hydrogens (tertiary/aromatic N) is 1. The molecule has 0 unspecified atom stereocenters. The molecule has 4 nitrogen and oxygen atoms in total.